The van der Waals surface area contributed by atoms with Gasteiger partial charge in [0.1, 0.15) is 0 Å². The lowest BCUT2D eigenvalue weighted by atomic mass is 9.92. The smallest absolute Gasteiger partial charge is 0.222 e. The molecule has 2 rings (SSSR count). The molecule has 2 aliphatic carbocycles. The Morgan fingerprint density at radius 2 is 2.00 bits per heavy atom. The first-order valence-corrected chi connectivity index (χ1v) is 7.62. The van der Waals surface area contributed by atoms with E-state index in [1.165, 1.54) is 25.7 Å². The third-order valence-corrected chi connectivity index (χ3v) is 5.21. The molecule has 3 N–H and O–H groups in total. The van der Waals surface area contributed by atoms with Gasteiger partial charge in [0.2, 0.25) is 5.91 Å². The Labute approximate surface area is 111 Å². The van der Waals surface area contributed by atoms with Gasteiger partial charge in [0.25, 0.3) is 0 Å². The molecule has 0 aliphatic heterocycles. The van der Waals surface area contributed by atoms with Crippen LogP contribution in [0.1, 0.15) is 65.2 Å². The van der Waals surface area contributed by atoms with Crippen LogP contribution in [-0.4, -0.2) is 17.5 Å². The summed E-state index contributed by atoms with van der Waals surface area (Å²) in [5.74, 6) is 1.58. The highest BCUT2D eigenvalue weighted by atomic mass is 16.1. The maximum atomic E-state index is 12.1. The molecular weight excluding hydrogens is 224 g/mol. The summed E-state index contributed by atoms with van der Waals surface area (Å²) in [4.78, 5) is 12.1. The Bertz CT molecular complexity index is 297. The van der Waals surface area contributed by atoms with Crippen LogP contribution in [0, 0.1) is 11.8 Å². The summed E-state index contributed by atoms with van der Waals surface area (Å²) in [7, 11) is 0. The molecule has 0 radical (unpaired) electrons. The summed E-state index contributed by atoms with van der Waals surface area (Å²) < 4.78 is 0. The SMILES string of the molecule is CCC1CCC(NC(=O)CC2(N)CCCC2)C1C. The third kappa shape index (κ3) is 3.05. The van der Waals surface area contributed by atoms with E-state index in [4.69, 9.17) is 5.73 Å². The maximum absolute atomic E-state index is 12.1. The van der Waals surface area contributed by atoms with Crippen molar-refractivity contribution in [3.8, 4) is 0 Å². The van der Waals surface area contributed by atoms with Gasteiger partial charge in [-0.2, -0.15) is 0 Å². The highest BCUT2D eigenvalue weighted by Gasteiger charge is 2.35. The summed E-state index contributed by atoms with van der Waals surface area (Å²) in [6.07, 6.45) is 8.54. The van der Waals surface area contributed by atoms with Gasteiger partial charge in [0.05, 0.1) is 0 Å². The lowest BCUT2D eigenvalue weighted by Gasteiger charge is -2.26. The zero-order valence-electron chi connectivity index (χ0n) is 11.9. The molecular formula is C15H28N2O. The fraction of sp³-hybridized carbons (Fsp3) is 0.933. The van der Waals surface area contributed by atoms with E-state index in [1.807, 2.05) is 0 Å². The van der Waals surface area contributed by atoms with E-state index in [9.17, 15) is 4.79 Å². The van der Waals surface area contributed by atoms with Gasteiger partial charge in [-0.1, -0.05) is 33.1 Å². The predicted octanol–water partition coefficient (Wildman–Crippen LogP) is 2.59. The monoisotopic (exact) mass is 252 g/mol. The molecule has 0 aromatic carbocycles. The van der Waals surface area contributed by atoms with Crippen molar-refractivity contribution in [2.75, 3.05) is 0 Å². The number of hydrogen-bond donors (Lipinski definition) is 2. The molecule has 0 aromatic heterocycles. The quantitative estimate of drug-likeness (QED) is 0.808. The summed E-state index contributed by atoms with van der Waals surface area (Å²) in [6, 6.07) is 0.382. The average Bonchev–Trinajstić information content (AvgIpc) is 2.87. The highest BCUT2D eigenvalue weighted by Crippen LogP contribution is 2.34. The van der Waals surface area contributed by atoms with Gasteiger partial charge in [-0.15, -0.1) is 0 Å². The fourth-order valence-electron chi connectivity index (χ4n) is 3.86. The van der Waals surface area contributed by atoms with Crippen LogP contribution in [0.15, 0.2) is 0 Å². The van der Waals surface area contributed by atoms with Crippen molar-refractivity contribution < 1.29 is 4.79 Å². The first kappa shape index (κ1) is 13.9. The Hall–Kier alpha value is -0.570. The number of carbonyl (C=O) groups is 1. The Kier molecular flexibility index (Phi) is 4.31. The highest BCUT2D eigenvalue weighted by molar-refractivity contribution is 5.77. The standard InChI is InChI=1S/C15H28N2O/c1-3-12-6-7-13(11(12)2)17-14(18)10-15(16)8-4-5-9-15/h11-13H,3-10,16H2,1-2H3,(H,17,18). The average molecular weight is 252 g/mol. The van der Waals surface area contributed by atoms with E-state index in [0.717, 1.165) is 25.2 Å². The van der Waals surface area contributed by atoms with Crippen LogP contribution < -0.4 is 11.1 Å². The van der Waals surface area contributed by atoms with Gasteiger partial charge in [-0.3, -0.25) is 4.79 Å². The van der Waals surface area contributed by atoms with Crippen molar-refractivity contribution in [1.82, 2.24) is 5.32 Å². The maximum Gasteiger partial charge on any atom is 0.222 e. The van der Waals surface area contributed by atoms with Gasteiger partial charge >= 0.3 is 0 Å². The van der Waals surface area contributed by atoms with Gasteiger partial charge in [-0.05, 0) is 37.5 Å². The number of nitrogens with one attached hydrogen (secondary N) is 1. The molecule has 0 bridgehead atoms. The Morgan fingerprint density at radius 1 is 1.33 bits per heavy atom. The normalized spacial score (nSPS) is 34.7. The molecule has 0 aromatic rings. The van der Waals surface area contributed by atoms with E-state index in [2.05, 4.69) is 19.2 Å². The summed E-state index contributed by atoms with van der Waals surface area (Å²) in [5.41, 5.74) is 6.05. The molecule has 0 spiro atoms. The van der Waals surface area contributed by atoms with Crippen LogP contribution in [0.3, 0.4) is 0 Å². The molecule has 3 heteroatoms. The Morgan fingerprint density at radius 3 is 2.56 bits per heavy atom. The molecule has 3 unspecified atom stereocenters. The number of hydrogen-bond acceptors (Lipinski definition) is 2. The van der Waals surface area contributed by atoms with Crippen LogP contribution in [0.5, 0.6) is 0 Å². The summed E-state index contributed by atoms with van der Waals surface area (Å²) in [5, 5.41) is 3.23. The van der Waals surface area contributed by atoms with Gasteiger partial charge < -0.3 is 11.1 Å². The van der Waals surface area contributed by atoms with E-state index in [0.29, 0.717) is 18.4 Å². The zero-order chi connectivity index (χ0) is 13.2. The number of rotatable bonds is 4. The molecule has 2 aliphatic rings. The molecule has 2 fully saturated rings. The largest absolute Gasteiger partial charge is 0.353 e. The van der Waals surface area contributed by atoms with Crippen molar-refractivity contribution in [3.63, 3.8) is 0 Å². The molecule has 3 atom stereocenters. The lowest BCUT2D eigenvalue weighted by molar-refractivity contribution is -0.123. The molecule has 18 heavy (non-hydrogen) atoms. The van der Waals surface area contributed by atoms with Crippen molar-refractivity contribution >= 4 is 5.91 Å². The first-order chi connectivity index (χ1) is 8.54. The van der Waals surface area contributed by atoms with Crippen LogP contribution >= 0.6 is 0 Å². The number of amides is 1. The first-order valence-electron chi connectivity index (χ1n) is 7.62. The third-order valence-electron chi connectivity index (χ3n) is 5.21. The molecule has 104 valence electrons. The van der Waals surface area contributed by atoms with E-state index in [1.54, 1.807) is 0 Å². The molecule has 2 saturated carbocycles. The van der Waals surface area contributed by atoms with Crippen molar-refractivity contribution in [2.45, 2.75) is 76.8 Å². The minimum Gasteiger partial charge on any atom is -0.353 e. The van der Waals surface area contributed by atoms with E-state index in [-0.39, 0.29) is 11.4 Å². The second-order valence-corrected chi connectivity index (χ2v) is 6.53. The molecule has 3 nitrogen and oxygen atoms in total. The van der Waals surface area contributed by atoms with Gasteiger partial charge in [0.15, 0.2) is 0 Å². The lowest BCUT2D eigenvalue weighted by Crippen LogP contribution is -2.45. The number of nitrogens with two attached hydrogens (primary N) is 1. The van der Waals surface area contributed by atoms with Crippen LogP contribution in [0.25, 0.3) is 0 Å². The van der Waals surface area contributed by atoms with Crippen LogP contribution in [0.2, 0.25) is 0 Å². The summed E-state index contributed by atoms with van der Waals surface area (Å²) >= 11 is 0. The van der Waals surface area contributed by atoms with Crippen molar-refractivity contribution in [2.24, 2.45) is 17.6 Å². The second kappa shape index (κ2) is 5.60. The predicted molar refractivity (Wildman–Crippen MR) is 74.1 cm³/mol. The number of carbonyl (C=O) groups excluding carboxylic acids is 1. The fourth-order valence-corrected chi connectivity index (χ4v) is 3.86. The van der Waals surface area contributed by atoms with E-state index < -0.39 is 0 Å². The second-order valence-electron chi connectivity index (χ2n) is 6.53. The Balaban J connectivity index is 1.81. The van der Waals surface area contributed by atoms with Gasteiger partial charge in [-0.25, -0.2) is 0 Å². The molecule has 0 heterocycles. The van der Waals surface area contributed by atoms with Gasteiger partial charge in [0, 0.05) is 18.0 Å². The minimum absolute atomic E-state index is 0.174. The molecule has 0 saturated heterocycles. The van der Waals surface area contributed by atoms with Crippen LogP contribution in [0.4, 0.5) is 0 Å². The topological polar surface area (TPSA) is 55.1 Å². The van der Waals surface area contributed by atoms with Crippen molar-refractivity contribution in [3.05, 3.63) is 0 Å². The minimum atomic E-state index is -0.212. The van der Waals surface area contributed by atoms with E-state index >= 15 is 0 Å². The summed E-state index contributed by atoms with van der Waals surface area (Å²) in [6.45, 7) is 4.53. The van der Waals surface area contributed by atoms with Crippen LogP contribution in [-0.2, 0) is 4.79 Å². The zero-order valence-corrected chi connectivity index (χ0v) is 11.9. The molecule has 1 amide bonds. The van der Waals surface area contributed by atoms with Crippen molar-refractivity contribution in [1.29, 1.82) is 0 Å².